The number of rotatable bonds is 5. The second-order valence-corrected chi connectivity index (χ2v) is 5.35. The number of hydrogen-bond donors (Lipinski definition) is 1. The van der Waals surface area contributed by atoms with E-state index in [1.54, 1.807) is 17.5 Å². The lowest BCUT2D eigenvalue weighted by atomic mass is 10.0. The molecule has 0 radical (unpaired) electrons. The molecule has 1 atom stereocenters. The molecule has 18 heavy (non-hydrogen) atoms. The van der Waals surface area contributed by atoms with Crippen LogP contribution in [0, 0.1) is 6.92 Å². The number of hydrogen-bond acceptors (Lipinski definition) is 3. The lowest BCUT2D eigenvalue weighted by molar-refractivity contribution is 0.542. The van der Waals surface area contributed by atoms with Crippen molar-refractivity contribution in [2.24, 2.45) is 0 Å². The average Bonchev–Trinajstić information content (AvgIpc) is 2.93. The van der Waals surface area contributed by atoms with Crippen molar-refractivity contribution in [1.29, 1.82) is 0 Å². The van der Waals surface area contributed by atoms with Crippen molar-refractivity contribution >= 4 is 22.9 Å². The van der Waals surface area contributed by atoms with Gasteiger partial charge in [0.2, 0.25) is 0 Å². The predicted molar refractivity (Wildman–Crippen MR) is 77.5 cm³/mol. The Morgan fingerprint density at radius 3 is 2.78 bits per heavy atom. The first-order valence-electron chi connectivity index (χ1n) is 6.16. The van der Waals surface area contributed by atoms with Crippen molar-refractivity contribution in [1.82, 2.24) is 15.1 Å². The minimum atomic E-state index is 0.121. The second kappa shape index (κ2) is 5.87. The molecule has 1 N–H and O–H groups in total. The number of nitrogens with one attached hydrogen (secondary N) is 1. The molecule has 5 heteroatoms. The molecule has 0 aliphatic carbocycles. The summed E-state index contributed by atoms with van der Waals surface area (Å²) in [5, 5.41) is 12.9. The molecule has 0 spiro atoms. The fourth-order valence-corrected chi connectivity index (χ4v) is 3.26. The number of aryl methyl sites for hydroxylation is 2. The monoisotopic (exact) mass is 283 g/mol. The van der Waals surface area contributed by atoms with Crippen LogP contribution >= 0.6 is 22.9 Å². The maximum absolute atomic E-state index is 6.30. The number of aromatic nitrogens is 2. The average molecular weight is 284 g/mol. The standard InChI is InChI=1S/C13H18ClN3S/c1-4-15-12(10-8-18-7-9(10)3)13-11(14)6-16-17(13)5-2/h6-8,12,15H,4-5H2,1-3H3. The van der Waals surface area contributed by atoms with Crippen LogP contribution in [0.15, 0.2) is 17.0 Å². The normalized spacial score (nSPS) is 12.9. The maximum atomic E-state index is 6.30. The van der Waals surface area contributed by atoms with Gasteiger partial charge in [0.05, 0.1) is 23.0 Å². The topological polar surface area (TPSA) is 29.9 Å². The Labute approximate surface area is 117 Å². The van der Waals surface area contributed by atoms with E-state index in [9.17, 15) is 0 Å². The van der Waals surface area contributed by atoms with Gasteiger partial charge in [-0.15, -0.1) is 0 Å². The van der Waals surface area contributed by atoms with Gasteiger partial charge in [-0.1, -0.05) is 18.5 Å². The van der Waals surface area contributed by atoms with E-state index in [1.807, 2.05) is 4.68 Å². The van der Waals surface area contributed by atoms with Crippen molar-refractivity contribution in [3.63, 3.8) is 0 Å². The van der Waals surface area contributed by atoms with E-state index in [4.69, 9.17) is 11.6 Å². The molecule has 2 aromatic heterocycles. The van der Waals surface area contributed by atoms with E-state index in [0.29, 0.717) is 0 Å². The molecule has 3 nitrogen and oxygen atoms in total. The zero-order valence-corrected chi connectivity index (χ0v) is 12.5. The smallest absolute Gasteiger partial charge is 0.0837 e. The van der Waals surface area contributed by atoms with Crippen LogP contribution < -0.4 is 5.32 Å². The zero-order chi connectivity index (χ0) is 13.1. The highest BCUT2D eigenvalue weighted by molar-refractivity contribution is 7.08. The third kappa shape index (κ3) is 2.46. The highest BCUT2D eigenvalue weighted by Crippen LogP contribution is 2.31. The molecular formula is C13H18ClN3S. The SMILES string of the molecule is CCNC(c1cscc1C)c1c(Cl)cnn1CC. The van der Waals surface area contributed by atoms with Gasteiger partial charge in [0.25, 0.3) is 0 Å². The van der Waals surface area contributed by atoms with Crippen LogP contribution in [-0.4, -0.2) is 16.3 Å². The fourth-order valence-electron chi connectivity index (χ4n) is 2.14. The van der Waals surface area contributed by atoms with Crippen LogP contribution in [0.2, 0.25) is 5.02 Å². The lowest BCUT2D eigenvalue weighted by Crippen LogP contribution is -2.25. The van der Waals surface area contributed by atoms with Crippen LogP contribution in [0.1, 0.15) is 36.7 Å². The molecule has 0 aliphatic rings. The Balaban J connectivity index is 2.47. The largest absolute Gasteiger partial charge is 0.305 e. The van der Waals surface area contributed by atoms with Crippen LogP contribution in [0.3, 0.4) is 0 Å². The summed E-state index contributed by atoms with van der Waals surface area (Å²) in [6.45, 7) is 8.04. The highest BCUT2D eigenvalue weighted by Gasteiger charge is 2.22. The summed E-state index contributed by atoms with van der Waals surface area (Å²) in [7, 11) is 0. The molecule has 0 fully saturated rings. The molecular weight excluding hydrogens is 266 g/mol. The van der Waals surface area contributed by atoms with Crippen molar-refractivity contribution in [3.05, 3.63) is 38.8 Å². The van der Waals surface area contributed by atoms with Crippen molar-refractivity contribution in [3.8, 4) is 0 Å². The first kappa shape index (κ1) is 13.6. The molecule has 98 valence electrons. The van der Waals surface area contributed by atoms with Gasteiger partial charge in [-0.05, 0) is 42.3 Å². The summed E-state index contributed by atoms with van der Waals surface area (Å²) < 4.78 is 1.97. The van der Waals surface area contributed by atoms with Crippen molar-refractivity contribution in [2.45, 2.75) is 33.4 Å². The van der Waals surface area contributed by atoms with Gasteiger partial charge in [-0.3, -0.25) is 4.68 Å². The van der Waals surface area contributed by atoms with Crippen LogP contribution in [0.4, 0.5) is 0 Å². The molecule has 2 heterocycles. The van der Waals surface area contributed by atoms with Gasteiger partial charge in [0.1, 0.15) is 0 Å². The number of halogens is 1. The quantitative estimate of drug-likeness (QED) is 0.908. The predicted octanol–water partition coefficient (Wildman–Crippen LogP) is 3.63. The fraction of sp³-hybridized carbons (Fsp3) is 0.462. The zero-order valence-electron chi connectivity index (χ0n) is 10.9. The second-order valence-electron chi connectivity index (χ2n) is 4.19. The van der Waals surface area contributed by atoms with E-state index >= 15 is 0 Å². The Bertz CT molecular complexity index is 518. The molecule has 1 unspecified atom stereocenters. The summed E-state index contributed by atoms with van der Waals surface area (Å²) in [6.07, 6.45) is 1.73. The van der Waals surface area contributed by atoms with Gasteiger partial charge in [-0.2, -0.15) is 16.4 Å². The minimum Gasteiger partial charge on any atom is -0.305 e. The minimum absolute atomic E-state index is 0.121. The van der Waals surface area contributed by atoms with Crippen LogP contribution in [-0.2, 0) is 6.54 Å². The van der Waals surface area contributed by atoms with Gasteiger partial charge in [0, 0.05) is 6.54 Å². The number of thiophene rings is 1. The first-order valence-corrected chi connectivity index (χ1v) is 7.48. The van der Waals surface area contributed by atoms with Gasteiger partial charge >= 0.3 is 0 Å². The van der Waals surface area contributed by atoms with E-state index < -0.39 is 0 Å². The molecule has 2 aromatic rings. The molecule has 0 aromatic carbocycles. The van der Waals surface area contributed by atoms with E-state index in [0.717, 1.165) is 23.8 Å². The molecule has 0 aliphatic heterocycles. The maximum Gasteiger partial charge on any atom is 0.0837 e. The molecule has 0 saturated carbocycles. The Morgan fingerprint density at radius 2 is 2.22 bits per heavy atom. The summed E-state index contributed by atoms with van der Waals surface area (Å²) in [6, 6.07) is 0.121. The Kier molecular flexibility index (Phi) is 4.43. The third-order valence-corrected chi connectivity index (χ3v) is 4.19. The molecule has 0 saturated heterocycles. The van der Waals surface area contributed by atoms with Crippen LogP contribution in [0.5, 0.6) is 0 Å². The molecule has 0 amide bonds. The molecule has 2 rings (SSSR count). The summed E-state index contributed by atoms with van der Waals surface area (Å²) in [4.78, 5) is 0. The van der Waals surface area contributed by atoms with Gasteiger partial charge in [0.15, 0.2) is 0 Å². The summed E-state index contributed by atoms with van der Waals surface area (Å²) in [5.41, 5.74) is 3.65. The Morgan fingerprint density at radius 1 is 1.44 bits per heavy atom. The van der Waals surface area contributed by atoms with E-state index in [-0.39, 0.29) is 6.04 Å². The third-order valence-electron chi connectivity index (χ3n) is 3.02. The number of nitrogens with zero attached hydrogens (tertiary/aromatic N) is 2. The highest BCUT2D eigenvalue weighted by atomic mass is 35.5. The van der Waals surface area contributed by atoms with E-state index in [1.165, 1.54) is 11.1 Å². The summed E-state index contributed by atoms with van der Waals surface area (Å²) in [5.74, 6) is 0. The first-order chi connectivity index (χ1) is 8.69. The van der Waals surface area contributed by atoms with Crippen molar-refractivity contribution < 1.29 is 0 Å². The lowest BCUT2D eigenvalue weighted by Gasteiger charge is -2.20. The van der Waals surface area contributed by atoms with E-state index in [2.05, 4.69) is 41.9 Å². The van der Waals surface area contributed by atoms with Crippen LogP contribution in [0.25, 0.3) is 0 Å². The summed E-state index contributed by atoms with van der Waals surface area (Å²) >= 11 is 8.03. The molecule has 0 bridgehead atoms. The van der Waals surface area contributed by atoms with Gasteiger partial charge < -0.3 is 5.32 Å². The van der Waals surface area contributed by atoms with Gasteiger partial charge in [-0.25, -0.2) is 0 Å². The Hall–Kier alpha value is -0.840. The van der Waals surface area contributed by atoms with Crippen molar-refractivity contribution in [2.75, 3.05) is 6.54 Å².